The van der Waals surface area contributed by atoms with Gasteiger partial charge in [0.15, 0.2) is 0 Å². The number of pyridine rings is 1. The number of likely N-dealkylation sites (tertiary alicyclic amines) is 1. The molecule has 1 saturated heterocycles. The Bertz CT molecular complexity index is 578. The fourth-order valence-electron chi connectivity index (χ4n) is 3.50. The molecule has 0 aromatic carbocycles. The Balaban J connectivity index is 1.87. The first-order valence-corrected chi connectivity index (χ1v) is 8.06. The summed E-state index contributed by atoms with van der Waals surface area (Å²) >= 11 is 0. The molecule has 2 aromatic heterocycles. The summed E-state index contributed by atoms with van der Waals surface area (Å²) in [5.74, 6) is 1.03. The monoisotopic (exact) mass is 283 g/mol. The maximum absolute atomic E-state index is 4.72. The summed E-state index contributed by atoms with van der Waals surface area (Å²) in [5.41, 5.74) is 3.84. The predicted octanol–water partition coefficient (Wildman–Crippen LogP) is 4.04. The molecular formula is C18H25N3. The van der Waals surface area contributed by atoms with Crippen LogP contribution in [0, 0.1) is 13.8 Å². The second-order valence-corrected chi connectivity index (χ2v) is 6.04. The third-order valence-corrected chi connectivity index (χ3v) is 4.68. The quantitative estimate of drug-likeness (QED) is 0.848. The van der Waals surface area contributed by atoms with E-state index in [-0.39, 0.29) is 0 Å². The van der Waals surface area contributed by atoms with Crippen LogP contribution >= 0.6 is 0 Å². The van der Waals surface area contributed by atoms with Crippen molar-refractivity contribution in [1.29, 1.82) is 0 Å². The van der Waals surface area contributed by atoms with Crippen molar-refractivity contribution in [3.8, 4) is 5.82 Å². The molecule has 3 heterocycles. The molecule has 112 valence electrons. The molecular weight excluding hydrogens is 258 g/mol. The molecule has 0 amide bonds. The van der Waals surface area contributed by atoms with Gasteiger partial charge in [0.05, 0.1) is 0 Å². The van der Waals surface area contributed by atoms with E-state index in [1.165, 1.54) is 42.8 Å². The average Bonchev–Trinajstić information content (AvgIpc) is 2.86. The Hall–Kier alpha value is -1.61. The number of piperidine rings is 1. The van der Waals surface area contributed by atoms with Crippen LogP contribution in [0.25, 0.3) is 5.82 Å². The normalized spacial score (nSPS) is 19.9. The lowest BCUT2D eigenvalue weighted by Gasteiger charge is -2.35. The zero-order valence-electron chi connectivity index (χ0n) is 13.3. The summed E-state index contributed by atoms with van der Waals surface area (Å²) < 4.78 is 2.21. The van der Waals surface area contributed by atoms with Crippen molar-refractivity contribution in [2.24, 2.45) is 0 Å². The van der Waals surface area contributed by atoms with Gasteiger partial charge in [0.2, 0.25) is 0 Å². The Labute approximate surface area is 127 Å². The number of hydrogen-bond donors (Lipinski definition) is 0. The Morgan fingerprint density at radius 1 is 1.10 bits per heavy atom. The van der Waals surface area contributed by atoms with E-state index in [2.05, 4.69) is 60.7 Å². The molecule has 3 nitrogen and oxygen atoms in total. The predicted molar refractivity (Wildman–Crippen MR) is 86.9 cm³/mol. The summed E-state index contributed by atoms with van der Waals surface area (Å²) in [6.07, 6.45) is 6.00. The van der Waals surface area contributed by atoms with Gasteiger partial charge in [0.1, 0.15) is 5.82 Å². The second-order valence-electron chi connectivity index (χ2n) is 6.04. The maximum Gasteiger partial charge on any atom is 0.136 e. The molecule has 0 spiro atoms. The molecule has 0 radical (unpaired) electrons. The molecule has 2 aromatic rings. The highest BCUT2D eigenvalue weighted by Crippen LogP contribution is 2.30. The van der Waals surface area contributed by atoms with Crippen LogP contribution in [0.5, 0.6) is 0 Å². The van der Waals surface area contributed by atoms with E-state index >= 15 is 0 Å². The number of aromatic nitrogens is 2. The van der Waals surface area contributed by atoms with Gasteiger partial charge in [-0.05, 0) is 63.5 Å². The lowest BCUT2D eigenvalue weighted by Crippen LogP contribution is -2.33. The fourth-order valence-corrected chi connectivity index (χ4v) is 3.50. The minimum absolute atomic E-state index is 0.553. The summed E-state index contributed by atoms with van der Waals surface area (Å²) in [7, 11) is 0. The number of aryl methyl sites for hydroxylation is 2. The molecule has 3 rings (SSSR count). The van der Waals surface area contributed by atoms with Gasteiger partial charge in [-0.15, -0.1) is 0 Å². The summed E-state index contributed by atoms with van der Waals surface area (Å²) in [6, 6.07) is 9.27. The van der Waals surface area contributed by atoms with E-state index in [4.69, 9.17) is 4.98 Å². The first-order valence-electron chi connectivity index (χ1n) is 8.06. The van der Waals surface area contributed by atoms with Crippen molar-refractivity contribution in [3.63, 3.8) is 0 Å². The molecule has 0 bridgehead atoms. The lowest BCUT2D eigenvalue weighted by atomic mass is 9.96. The van der Waals surface area contributed by atoms with E-state index in [0.29, 0.717) is 6.04 Å². The van der Waals surface area contributed by atoms with E-state index < -0.39 is 0 Å². The molecule has 0 aliphatic carbocycles. The Morgan fingerprint density at radius 2 is 1.86 bits per heavy atom. The molecule has 1 aliphatic rings. The van der Waals surface area contributed by atoms with Crippen molar-refractivity contribution < 1.29 is 0 Å². The van der Waals surface area contributed by atoms with Gasteiger partial charge in [0.25, 0.3) is 0 Å². The van der Waals surface area contributed by atoms with Crippen molar-refractivity contribution >= 4 is 0 Å². The highest BCUT2D eigenvalue weighted by atomic mass is 15.2. The highest BCUT2D eigenvalue weighted by molar-refractivity contribution is 5.33. The maximum atomic E-state index is 4.72. The first-order chi connectivity index (χ1) is 10.2. The molecule has 3 heteroatoms. The first kappa shape index (κ1) is 14.3. The van der Waals surface area contributed by atoms with Crippen LogP contribution in [0.4, 0.5) is 0 Å². The molecule has 1 unspecified atom stereocenters. The summed E-state index contributed by atoms with van der Waals surface area (Å²) in [5, 5.41) is 0. The van der Waals surface area contributed by atoms with Crippen LogP contribution in [0.15, 0.2) is 30.5 Å². The summed E-state index contributed by atoms with van der Waals surface area (Å²) in [6.45, 7) is 8.86. The zero-order valence-corrected chi connectivity index (χ0v) is 13.3. The van der Waals surface area contributed by atoms with Gasteiger partial charge in [0, 0.05) is 23.6 Å². The van der Waals surface area contributed by atoms with Crippen LogP contribution in [-0.4, -0.2) is 27.5 Å². The second kappa shape index (κ2) is 6.02. The van der Waals surface area contributed by atoms with Crippen molar-refractivity contribution in [3.05, 3.63) is 47.4 Å². The third kappa shape index (κ3) is 2.75. The number of rotatable bonds is 3. The van der Waals surface area contributed by atoms with Crippen LogP contribution in [0.2, 0.25) is 0 Å². The summed E-state index contributed by atoms with van der Waals surface area (Å²) in [4.78, 5) is 7.30. The Kier molecular flexibility index (Phi) is 4.11. The van der Waals surface area contributed by atoms with Crippen LogP contribution in [-0.2, 0) is 0 Å². The van der Waals surface area contributed by atoms with Crippen LogP contribution in [0.1, 0.15) is 49.2 Å². The number of hydrogen-bond acceptors (Lipinski definition) is 2. The Morgan fingerprint density at radius 3 is 2.48 bits per heavy atom. The van der Waals surface area contributed by atoms with Crippen LogP contribution < -0.4 is 0 Å². The minimum Gasteiger partial charge on any atom is -0.303 e. The largest absolute Gasteiger partial charge is 0.303 e. The molecule has 1 atom stereocenters. The van der Waals surface area contributed by atoms with Crippen molar-refractivity contribution in [2.45, 2.75) is 46.1 Å². The topological polar surface area (TPSA) is 21.1 Å². The van der Waals surface area contributed by atoms with Crippen molar-refractivity contribution in [2.75, 3.05) is 13.1 Å². The van der Waals surface area contributed by atoms with E-state index in [1.807, 2.05) is 0 Å². The molecule has 0 N–H and O–H groups in total. The lowest BCUT2D eigenvalue weighted by molar-refractivity contribution is 0.157. The SMILES string of the molecule is CCN1CCCCC1c1ccc(-n2c(C)ccc2C)nc1. The highest BCUT2D eigenvalue weighted by Gasteiger charge is 2.22. The van der Waals surface area contributed by atoms with E-state index in [1.54, 1.807) is 0 Å². The van der Waals surface area contributed by atoms with Gasteiger partial charge in [-0.2, -0.15) is 0 Å². The minimum atomic E-state index is 0.553. The van der Waals surface area contributed by atoms with Gasteiger partial charge in [-0.1, -0.05) is 19.4 Å². The molecule has 0 saturated carbocycles. The fraction of sp³-hybridized carbons (Fsp3) is 0.500. The van der Waals surface area contributed by atoms with E-state index in [9.17, 15) is 0 Å². The van der Waals surface area contributed by atoms with Gasteiger partial charge in [-0.25, -0.2) is 4.98 Å². The average molecular weight is 283 g/mol. The van der Waals surface area contributed by atoms with Gasteiger partial charge >= 0.3 is 0 Å². The molecule has 21 heavy (non-hydrogen) atoms. The van der Waals surface area contributed by atoms with Gasteiger partial charge < -0.3 is 4.57 Å². The van der Waals surface area contributed by atoms with E-state index in [0.717, 1.165) is 12.4 Å². The molecule has 1 aliphatic heterocycles. The van der Waals surface area contributed by atoms with Crippen molar-refractivity contribution in [1.82, 2.24) is 14.5 Å². The number of nitrogens with zero attached hydrogens (tertiary/aromatic N) is 3. The zero-order chi connectivity index (χ0) is 14.8. The smallest absolute Gasteiger partial charge is 0.136 e. The van der Waals surface area contributed by atoms with Gasteiger partial charge in [-0.3, -0.25) is 4.90 Å². The molecule has 1 fully saturated rings. The third-order valence-electron chi connectivity index (χ3n) is 4.68. The standard InChI is InChI=1S/C18H25N3/c1-4-20-12-6-5-7-17(20)16-10-11-18(19-13-16)21-14(2)8-9-15(21)3/h8-11,13,17H,4-7,12H2,1-3H3. The van der Waals surface area contributed by atoms with Crippen LogP contribution in [0.3, 0.4) is 0 Å².